The monoisotopic (exact) mass is 245 g/mol. The van der Waals surface area contributed by atoms with Gasteiger partial charge in [-0.05, 0) is 30.7 Å². The molecule has 0 bridgehead atoms. The molecule has 2 heteroatoms. The highest BCUT2D eigenvalue weighted by atomic mass is 16.2. The number of rotatable bonds is 3. The summed E-state index contributed by atoms with van der Waals surface area (Å²) in [6, 6.07) is 10.2. The molecule has 1 aromatic rings. The zero-order valence-corrected chi connectivity index (χ0v) is 11.4. The average molecular weight is 245 g/mol. The molecule has 1 aromatic carbocycles. The van der Waals surface area contributed by atoms with Crippen LogP contribution >= 0.6 is 0 Å². The van der Waals surface area contributed by atoms with Crippen LogP contribution < -0.4 is 0 Å². The van der Waals surface area contributed by atoms with Crippen LogP contribution in [-0.4, -0.2) is 23.9 Å². The van der Waals surface area contributed by atoms with Crippen molar-refractivity contribution in [2.45, 2.75) is 39.0 Å². The van der Waals surface area contributed by atoms with E-state index >= 15 is 0 Å². The molecule has 1 fully saturated rings. The number of piperidine rings is 1. The van der Waals surface area contributed by atoms with Gasteiger partial charge >= 0.3 is 0 Å². The molecule has 1 saturated heterocycles. The lowest BCUT2D eigenvalue weighted by Gasteiger charge is -2.33. The van der Waals surface area contributed by atoms with Crippen molar-refractivity contribution < 1.29 is 4.79 Å². The molecule has 2 rings (SSSR count). The largest absolute Gasteiger partial charge is 0.342 e. The van der Waals surface area contributed by atoms with E-state index < -0.39 is 0 Å². The van der Waals surface area contributed by atoms with Gasteiger partial charge in [-0.15, -0.1) is 0 Å². The van der Waals surface area contributed by atoms with Crippen molar-refractivity contribution in [3.63, 3.8) is 0 Å². The fraction of sp³-hybridized carbons (Fsp3) is 0.562. The highest BCUT2D eigenvalue weighted by molar-refractivity contribution is 5.83. The van der Waals surface area contributed by atoms with Crippen LogP contribution in [0.15, 0.2) is 30.3 Å². The summed E-state index contributed by atoms with van der Waals surface area (Å²) in [5.74, 6) is 1.00. The molecule has 1 amide bonds. The fourth-order valence-electron chi connectivity index (χ4n) is 2.85. The first kappa shape index (κ1) is 13.1. The van der Waals surface area contributed by atoms with Gasteiger partial charge in [0.15, 0.2) is 0 Å². The lowest BCUT2D eigenvalue weighted by Crippen LogP contribution is -2.41. The van der Waals surface area contributed by atoms with Crippen LogP contribution in [0.3, 0.4) is 0 Å². The highest BCUT2D eigenvalue weighted by Gasteiger charge is 2.27. The van der Waals surface area contributed by atoms with Gasteiger partial charge in [0, 0.05) is 13.1 Å². The third kappa shape index (κ3) is 2.92. The van der Waals surface area contributed by atoms with E-state index in [0.717, 1.165) is 31.5 Å². The topological polar surface area (TPSA) is 20.3 Å². The summed E-state index contributed by atoms with van der Waals surface area (Å²) in [4.78, 5) is 14.7. The van der Waals surface area contributed by atoms with E-state index in [2.05, 4.69) is 30.9 Å². The molecule has 2 atom stereocenters. The Balaban J connectivity index is 2.10. The summed E-state index contributed by atoms with van der Waals surface area (Å²) in [7, 11) is 0. The number of hydrogen-bond donors (Lipinski definition) is 0. The molecule has 0 aliphatic carbocycles. The van der Waals surface area contributed by atoms with Crippen molar-refractivity contribution in [3.8, 4) is 0 Å². The van der Waals surface area contributed by atoms with Crippen LogP contribution in [0, 0.1) is 5.92 Å². The van der Waals surface area contributed by atoms with Crippen LogP contribution in [0.1, 0.15) is 44.6 Å². The first-order chi connectivity index (χ1) is 8.72. The van der Waals surface area contributed by atoms with Gasteiger partial charge < -0.3 is 4.90 Å². The van der Waals surface area contributed by atoms with Crippen LogP contribution in [0.2, 0.25) is 0 Å². The molecule has 0 spiro atoms. The average Bonchev–Trinajstić information content (AvgIpc) is 2.41. The number of hydrogen-bond acceptors (Lipinski definition) is 1. The van der Waals surface area contributed by atoms with Crippen molar-refractivity contribution in [1.82, 2.24) is 4.90 Å². The van der Waals surface area contributed by atoms with Crippen molar-refractivity contribution in [2.24, 2.45) is 5.92 Å². The third-order valence-electron chi connectivity index (χ3n) is 3.88. The van der Waals surface area contributed by atoms with Crippen molar-refractivity contribution >= 4 is 5.91 Å². The first-order valence-corrected chi connectivity index (χ1v) is 7.06. The molecule has 2 nitrogen and oxygen atoms in total. The van der Waals surface area contributed by atoms with Crippen LogP contribution in [0.25, 0.3) is 0 Å². The zero-order valence-electron chi connectivity index (χ0n) is 11.4. The lowest BCUT2D eigenvalue weighted by molar-refractivity contribution is -0.134. The Labute approximate surface area is 110 Å². The Kier molecular flexibility index (Phi) is 4.40. The minimum Gasteiger partial charge on any atom is -0.342 e. The summed E-state index contributed by atoms with van der Waals surface area (Å²) in [5, 5.41) is 0. The van der Waals surface area contributed by atoms with Gasteiger partial charge in [-0.2, -0.15) is 0 Å². The standard InChI is InChI=1S/C16H23NO/c1-3-15(14-9-5-4-6-10-14)16(18)17-11-7-8-13(2)12-17/h4-6,9-10,13,15H,3,7-8,11-12H2,1-2H3/t13-,15+/m1/s1. The molecular formula is C16H23NO. The Hall–Kier alpha value is -1.31. The maximum atomic E-state index is 12.6. The summed E-state index contributed by atoms with van der Waals surface area (Å²) in [6.45, 7) is 6.21. The smallest absolute Gasteiger partial charge is 0.230 e. The number of carbonyl (C=O) groups is 1. The first-order valence-electron chi connectivity index (χ1n) is 7.06. The van der Waals surface area contributed by atoms with E-state index in [1.54, 1.807) is 0 Å². The molecule has 98 valence electrons. The number of carbonyl (C=O) groups excluding carboxylic acids is 1. The second-order valence-corrected chi connectivity index (χ2v) is 5.40. The van der Waals surface area contributed by atoms with Crippen LogP contribution in [0.5, 0.6) is 0 Å². The third-order valence-corrected chi connectivity index (χ3v) is 3.88. The normalized spacial score (nSPS) is 21.7. The molecule has 0 unspecified atom stereocenters. The van der Waals surface area contributed by atoms with E-state index in [9.17, 15) is 4.79 Å². The molecule has 1 aliphatic heterocycles. The number of amides is 1. The number of likely N-dealkylation sites (tertiary alicyclic amines) is 1. The molecular weight excluding hydrogens is 222 g/mol. The Morgan fingerprint density at radius 1 is 1.39 bits per heavy atom. The second kappa shape index (κ2) is 6.03. The van der Waals surface area contributed by atoms with E-state index in [0.29, 0.717) is 11.8 Å². The molecule has 0 saturated carbocycles. The van der Waals surface area contributed by atoms with Crippen molar-refractivity contribution in [1.29, 1.82) is 0 Å². The van der Waals surface area contributed by atoms with Gasteiger partial charge in [0.1, 0.15) is 0 Å². The molecule has 0 N–H and O–H groups in total. The van der Waals surface area contributed by atoms with E-state index in [4.69, 9.17) is 0 Å². The predicted molar refractivity (Wildman–Crippen MR) is 74.5 cm³/mol. The quantitative estimate of drug-likeness (QED) is 0.799. The summed E-state index contributed by atoms with van der Waals surface area (Å²) < 4.78 is 0. The Bertz CT molecular complexity index is 387. The van der Waals surface area contributed by atoms with E-state index in [1.165, 1.54) is 6.42 Å². The van der Waals surface area contributed by atoms with Gasteiger partial charge in [0.2, 0.25) is 5.91 Å². The van der Waals surface area contributed by atoms with Gasteiger partial charge in [-0.25, -0.2) is 0 Å². The van der Waals surface area contributed by atoms with Gasteiger partial charge in [-0.3, -0.25) is 4.79 Å². The zero-order chi connectivity index (χ0) is 13.0. The van der Waals surface area contributed by atoms with Gasteiger partial charge in [0.25, 0.3) is 0 Å². The van der Waals surface area contributed by atoms with Crippen LogP contribution in [-0.2, 0) is 4.79 Å². The predicted octanol–water partition coefficient (Wildman–Crippen LogP) is 3.44. The number of benzene rings is 1. The molecule has 0 radical (unpaired) electrons. The molecule has 1 heterocycles. The van der Waals surface area contributed by atoms with E-state index in [1.807, 2.05) is 18.2 Å². The second-order valence-electron chi connectivity index (χ2n) is 5.40. The highest BCUT2D eigenvalue weighted by Crippen LogP contribution is 2.25. The van der Waals surface area contributed by atoms with Gasteiger partial charge in [0.05, 0.1) is 5.92 Å². The van der Waals surface area contributed by atoms with E-state index in [-0.39, 0.29) is 5.92 Å². The number of nitrogens with zero attached hydrogens (tertiary/aromatic N) is 1. The maximum Gasteiger partial charge on any atom is 0.230 e. The van der Waals surface area contributed by atoms with Crippen molar-refractivity contribution in [2.75, 3.05) is 13.1 Å². The fourth-order valence-corrected chi connectivity index (χ4v) is 2.85. The molecule has 0 aromatic heterocycles. The molecule has 18 heavy (non-hydrogen) atoms. The minimum atomic E-state index is 0.0384. The maximum absolute atomic E-state index is 12.6. The summed E-state index contributed by atoms with van der Waals surface area (Å²) in [6.07, 6.45) is 3.29. The van der Waals surface area contributed by atoms with Gasteiger partial charge in [-0.1, -0.05) is 44.2 Å². The Morgan fingerprint density at radius 3 is 2.72 bits per heavy atom. The SMILES string of the molecule is CC[C@H](C(=O)N1CCC[C@@H](C)C1)c1ccccc1. The summed E-state index contributed by atoms with van der Waals surface area (Å²) >= 11 is 0. The lowest BCUT2D eigenvalue weighted by atomic mass is 9.92. The summed E-state index contributed by atoms with van der Waals surface area (Å²) in [5.41, 5.74) is 1.16. The minimum absolute atomic E-state index is 0.0384. The van der Waals surface area contributed by atoms with Crippen LogP contribution in [0.4, 0.5) is 0 Å². The molecule has 1 aliphatic rings. The Morgan fingerprint density at radius 2 is 2.11 bits per heavy atom. The van der Waals surface area contributed by atoms with Crippen molar-refractivity contribution in [3.05, 3.63) is 35.9 Å².